The molecule has 12 heteroatoms. The van der Waals surface area contributed by atoms with Gasteiger partial charge in [-0.1, -0.05) is 18.2 Å². The summed E-state index contributed by atoms with van der Waals surface area (Å²) < 4.78 is 10.7. The number of nitrogen functional groups attached to an aromatic ring is 1. The maximum atomic E-state index is 12.9. The quantitative estimate of drug-likeness (QED) is 0.192. The van der Waals surface area contributed by atoms with Gasteiger partial charge in [-0.05, 0) is 49.4 Å². The molecule has 12 nitrogen and oxygen atoms in total. The van der Waals surface area contributed by atoms with E-state index in [9.17, 15) is 24.5 Å². The van der Waals surface area contributed by atoms with Gasteiger partial charge in [0.05, 0.1) is 4.92 Å². The van der Waals surface area contributed by atoms with Crippen molar-refractivity contribution >= 4 is 40.7 Å². The summed E-state index contributed by atoms with van der Waals surface area (Å²) in [6.45, 7) is 2.81. The molecule has 3 N–H and O–H groups in total. The number of para-hydroxylation sites is 1. The number of hydrogen-bond acceptors (Lipinski definition) is 8. The fourth-order valence-corrected chi connectivity index (χ4v) is 4.82. The van der Waals surface area contributed by atoms with Crippen molar-refractivity contribution in [3.05, 3.63) is 63.2 Å². The molecule has 1 atom stereocenters. The van der Waals surface area contributed by atoms with Gasteiger partial charge in [0, 0.05) is 50.1 Å². The molecule has 2 aliphatic heterocycles. The van der Waals surface area contributed by atoms with Gasteiger partial charge in [0.15, 0.2) is 0 Å². The Morgan fingerprint density at radius 3 is 2.61 bits per heavy atom. The molecule has 1 fully saturated rings. The number of rotatable bonds is 6. The molecular weight excluding hydrogens is 494 g/mol. The number of aryl methyl sites for hydroxylation is 1. The van der Waals surface area contributed by atoms with E-state index >= 15 is 0 Å². The van der Waals surface area contributed by atoms with Crippen LogP contribution in [0.4, 0.5) is 26.7 Å². The van der Waals surface area contributed by atoms with Crippen molar-refractivity contribution in [2.75, 3.05) is 37.8 Å². The molecule has 2 aliphatic rings. The van der Waals surface area contributed by atoms with Gasteiger partial charge in [0.25, 0.3) is 5.69 Å². The maximum absolute atomic E-state index is 12.9. The summed E-state index contributed by atoms with van der Waals surface area (Å²) in [7, 11) is 1.25. The number of urea groups is 1. The summed E-state index contributed by atoms with van der Waals surface area (Å²) in [5.41, 5.74) is 7.56. The lowest BCUT2D eigenvalue weighted by Crippen LogP contribution is -2.50. The van der Waals surface area contributed by atoms with Crippen molar-refractivity contribution in [1.29, 1.82) is 0 Å². The molecule has 38 heavy (non-hydrogen) atoms. The Bertz CT molecular complexity index is 1300. The molecule has 2 aromatic carbocycles. The number of carbonyl (C=O) groups excluding carboxylic acids is 3. The molecule has 0 aromatic heterocycles. The zero-order valence-electron chi connectivity index (χ0n) is 21.1. The van der Waals surface area contributed by atoms with E-state index in [1.807, 2.05) is 29.2 Å². The van der Waals surface area contributed by atoms with E-state index in [0.717, 1.165) is 23.7 Å². The number of methoxy groups -OCH3 is 1. The number of nitro benzene ring substituents is 1. The smallest absolute Gasteiger partial charge is 0.412 e. The van der Waals surface area contributed by atoms with E-state index in [4.69, 9.17) is 15.2 Å². The lowest BCUT2D eigenvalue weighted by Gasteiger charge is -2.37. The molecule has 200 valence electrons. The van der Waals surface area contributed by atoms with Crippen LogP contribution in [0.3, 0.4) is 0 Å². The van der Waals surface area contributed by atoms with E-state index in [2.05, 4.69) is 5.32 Å². The van der Waals surface area contributed by atoms with Crippen LogP contribution in [0, 0.1) is 17.0 Å². The SMILES string of the molecule is CO[C@H](OC(=O)N1CCC(N2CCc3ccccc3NC2=O)CC1)C(=C=O)c1cc(C)c(N)c([N+](=O)[O-])c1. The predicted molar refractivity (Wildman–Crippen MR) is 139 cm³/mol. The highest BCUT2D eigenvalue weighted by atomic mass is 16.7. The third-order valence-corrected chi connectivity index (χ3v) is 6.95. The van der Waals surface area contributed by atoms with Gasteiger partial charge in [-0.15, -0.1) is 0 Å². The normalized spacial score (nSPS) is 16.5. The molecule has 0 aliphatic carbocycles. The number of piperidine rings is 1. The first-order valence-corrected chi connectivity index (χ1v) is 12.2. The molecule has 1 saturated heterocycles. The average Bonchev–Trinajstić information content (AvgIpc) is 3.08. The Morgan fingerprint density at radius 2 is 1.95 bits per heavy atom. The fourth-order valence-electron chi connectivity index (χ4n) is 4.82. The molecule has 0 spiro atoms. The minimum atomic E-state index is -1.43. The highest BCUT2D eigenvalue weighted by Crippen LogP contribution is 2.31. The van der Waals surface area contributed by atoms with E-state index in [1.54, 1.807) is 12.9 Å². The van der Waals surface area contributed by atoms with Crippen molar-refractivity contribution in [1.82, 2.24) is 9.80 Å². The summed E-state index contributed by atoms with van der Waals surface area (Å²) >= 11 is 0. The summed E-state index contributed by atoms with van der Waals surface area (Å²) in [6, 6.07) is 10.1. The molecule has 4 rings (SSSR count). The number of fused-ring (bicyclic) bond motifs is 1. The number of nitro groups is 1. The van der Waals surface area contributed by atoms with Crippen LogP contribution in [0.2, 0.25) is 0 Å². The van der Waals surface area contributed by atoms with Crippen molar-refractivity contribution in [3.63, 3.8) is 0 Å². The number of nitrogens with zero attached hydrogens (tertiary/aromatic N) is 3. The molecule has 0 bridgehead atoms. The van der Waals surface area contributed by atoms with Gasteiger partial charge in [0.2, 0.25) is 6.29 Å². The van der Waals surface area contributed by atoms with Crippen molar-refractivity contribution < 1.29 is 28.8 Å². The summed E-state index contributed by atoms with van der Waals surface area (Å²) in [4.78, 5) is 51.6. The van der Waals surface area contributed by atoms with Crippen LogP contribution in [0.1, 0.15) is 29.5 Å². The van der Waals surface area contributed by atoms with Gasteiger partial charge >= 0.3 is 12.1 Å². The van der Waals surface area contributed by atoms with Crippen molar-refractivity contribution in [3.8, 4) is 0 Å². The first kappa shape index (κ1) is 26.6. The lowest BCUT2D eigenvalue weighted by molar-refractivity contribution is -0.383. The van der Waals surface area contributed by atoms with Crippen molar-refractivity contribution in [2.24, 2.45) is 0 Å². The van der Waals surface area contributed by atoms with Gasteiger partial charge in [0.1, 0.15) is 17.2 Å². The number of benzene rings is 2. The summed E-state index contributed by atoms with van der Waals surface area (Å²) in [5, 5.41) is 14.3. The first-order chi connectivity index (χ1) is 18.2. The topological polar surface area (TPSA) is 157 Å². The van der Waals surface area contributed by atoms with E-state index in [-0.39, 0.29) is 34.6 Å². The van der Waals surface area contributed by atoms with Crippen LogP contribution >= 0.6 is 0 Å². The van der Waals surface area contributed by atoms with Gasteiger partial charge in [-0.2, -0.15) is 0 Å². The zero-order valence-corrected chi connectivity index (χ0v) is 21.1. The number of amides is 3. The predicted octanol–water partition coefficient (Wildman–Crippen LogP) is 3.36. The molecule has 2 heterocycles. The molecule has 2 aromatic rings. The van der Waals surface area contributed by atoms with Crippen LogP contribution in [0.25, 0.3) is 5.57 Å². The molecule has 3 amide bonds. The molecular formula is C26H29N5O7. The Balaban J connectivity index is 1.39. The van der Waals surface area contributed by atoms with Gasteiger partial charge < -0.3 is 30.3 Å². The second-order valence-electron chi connectivity index (χ2n) is 9.20. The first-order valence-electron chi connectivity index (χ1n) is 12.2. The minimum Gasteiger partial charge on any atom is -0.414 e. The number of hydrogen-bond donors (Lipinski definition) is 2. The third kappa shape index (κ3) is 5.46. The Labute approximate surface area is 219 Å². The molecule has 0 radical (unpaired) electrons. The minimum absolute atomic E-state index is 0.0280. The Morgan fingerprint density at radius 1 is 1.24 bits per heavy atom. The van der Waals surface area contributed by atoms with Crippen molar-refractivity contribution in [2.45, 2.75) is 38.5 Å². The highest BCUT2D eigenvalue weighted by molar-refractivity contribution is 5.92. The molecule has 0 unspecified atom stereocenters. The number of nitrogens with one attached hydrogen (secondary N) is 1. The van der Waals surface area contributed by atoms with Crippen LogP contribution in [-0.2, 0) is 20.7 Å². The molecule has 0 saturated carbocycles. The fraction of sp³-hybridized carbons (Fsp3) is 0.385. The largest absolute Gasteiger partial charge is 0.414 e. The number of carbonyl (C=O) groups is 2. The zero-order chi connectivity index (χ0) is 27.4. The summed E-state index contributed by atoms with van der Waals surface area (Å²) in [6.07, 6.45) is -0.310. The Hall–Kier alpha value is -4.41. The lowest BCUT2D eigenvalue weighted by atomic mass is 10.0. The van der Waals surface area contributed by atoms with Gasteiger partial charge in [-0.25, -0.2) is 14.4 Å². The third-order valence-electron chi connectivity index (χ3n) is 6.95. The second-order valence-corrected chi connectivity index (χ2v) is 9.20. The van der Waals surface area contributed by atoms with Crippen LogP contribution in [0.15, 0.2) is 36.4 Å². The maximum Gasteiger partial charge on any atom is 0.412 e. The average molecular weight is 524 g/mol. The standard InChI is InChI=1S/C26H29N5O7/c1-16-13-18(14-22(23(16)27)31(35)36)20(15-32)24(37-2)38-26(34)29-10-8-19(9-11-29)30-12-7-17-5-3-4-6-21(17)28-25(30)33/h3-6,13-14,19,24H,7-12,27H2,1-2H3,(H,28,33)/t24-/m1/s1. The number of ether oxygens (including phenoxy) is 2. The van der Waals surface area contributed by atoms with Gasteiger partial charge in [-0.3, -0.25) is 10.1 Å². The van der Waals surface area contributed by atoms with E-state index in [1.165, 1.54) is 18.1 Å². The highest BCUT2D eigenvalue weighted by Gasteiger charge is 2.33. The monoisotopic (exact) mass is 523 g/mol. The number of anilines is 2. The Kier molecular flexibility index (Phi) is 7.94. The number of likely N-dealkylation sites (tertiary alicyclic amines) is 1. The summed E-state index contributed by atoms with van der Waals surface area (Å²) in [5.74, 6) is 1.69. The second kappa shape index (κ2) is 11.3. The number of nitrogens with two attached hydrogens (primary N) is 1. The van der Waals surface area contributed by atoms with Crippen LogP contribution < -0.4 is 11.1 Å². The van der Waals surface area contributed by atoms with E-state index < -0.39 is 17.3 Å². The van der Waals surface area contributed by atoms with Crippen LogP contribution in [0.5, 0.6) is 0 Å². The van der Waals surface area contributed by atoms with E-state index in [0.29, 0.717) is 38.0 Å². The van der Waals surface area contributed by atoms with Crippen LogP contribution in [-0.4, -0.2) is 71.9 Å².